The van der Waals surface area contributed by atoms with Gasteiger partial charge in [-0.25, -0.2) is 0 Å². The van der Waals surface area contributed by atoms with Crippen LogP contribution in [0.3, 0.4) is 0 Å². The Bertz CT molecular complexity index is 2190. The third kappa shape index (κ3) is 3.61. The maximum atomic E-state index is 2.35. The van der Waals surface area contributed by atoms with E-state index in [1.807, 2.05) is 0 Å². The molecule has 0 saturated heterocycles. The van der Waals surface area contributed by atoms with Gasteiger partial charge >= 0.3 is 0 Å². The van der Waals surface area contributed by atoms with Gasteiger partial charge in [-0.15, -0.1) is 0 Å². The first kappa shape index (κ1) is 22.8. The van der Waals surface area contributed by atoms with Crippen LogP contribution in [-0.2, 0) is 0 Å². The van der Waals surface area contributed by atoms with Gasteiger partial charge in [0.15, 0.2) is 0 Å². The van der Waals surface area contributed by atoms with E-state index in [-0.39, 0.29) is 0 Å². The van der Waals surface area contributed by atoms with E-state index in [0.717, 1.165) is 0 Å². The average Bonchev–Trinajstić information content (AvgIpc) is 3.04. The van der Waals surface area contributed by atoms with Gasteiger partial charge in [-0.3, -0.25) is 0 Å². The maximum Gasteiger partial charge on any atom is -0.00141 e. The van der Waals surface area contributed by atoms with Crippen LogP contribution < -0.4 is 0 Å². The first-order chi connectivity index (χ1) is 19.8. The van der Waals surface area contributed by atoms with Gasteiger partial charge in [0.1, 0.15) is 0 Å². The van der Waals surface area contributed by atoms with Crippen molar-refractivity contribution in [1.29, 1.82) is 0 Å². The summed E-state index contributed by atoms with van der Waals surface area (Å²) in [6.07, 6.45) is 0. The smallest absolute Gasteiger partial charge is 0.00141 e. The number of benzene rings is 8. The van der Waals surface area contributed by atoms with E-state index in [4.69, 9.17) is 0 Å². The van der Waals surface area contributed by atoms with Crippen LogP contribution in [0.15, 0.2) is 158 Å². The molecule has 0 heteroatoms. The third-order valence-corrected chi connectivity index (χ3v) is 8.23. The maximum absolute atomic E-state index is 2.35. The highest BCUT2D eigenvalue weighted by molar-refractivity contribution is 6.28. The van der Waals surface area contributed by atoms with Crippen LogP contribution in [-0.4, -0.2) is 0 Å². The largest absolute Gasteiger partial charge is 0.0622 e. The molecule has 0 nitrogen and oxygen atoms in total. The molecule has 0 fully saturated rings. The molecular weight excluding hydrogens is 480 g/mol. The molecule has 8 aromatic carbocycles. The third-order valence-electron chi connectivity index (χ3n) is 8.23. The van der Waals surface area contributed by atoms with Gasteiger partial charge in [0.2, 0.25) is 0 Å². The van der Waals surface area contributed by atoms with Gasteiger partial charge in [0.25, 0.3) is 0 Å². The van der Waals surface area contributed by atoms with Crippen molar-refractivity contribution in [1.82, 2.24) is 0 Å². The van der Waals surface area contributed by atoms with E-state index in [1.165, 1.54) is 76.5 Å². The lowest BCUT2D eigenvalue weighted by molar-refractivity contribution is 1.61. The predicted molar refractivity (Wildman–Crippen MR) is 173 cm³/mol. The highest BCUT2D eigenvalue weighted by atomic mass is 14.2. The summed E-state index contributed by atoms with van der Waals surface area (Å²) in [6.45, 7) is 0. The highest BCUT2D eigenvalue weighted by Gasteiger charge is 2.18. The normalized spacial score (nSPS) is 11.5. The fraction of sp³-hybridized carbons (Fsp3) is 0. The predicted octanol–water partition coefficient (Wildman–Crippen LogP) is 11.3. The molecule has 0 amide bonds. The Morgan fingerprint density at radius 3 is 1.55 bits per heavy atom. The Kier molecular flexibility index (Phi) is 5.24. The summed E-state index contributed by atoms with van der Waals surface area (Å²) in [4.78, 5) is 0. The van der Waals surface area contributed by atoms with Gasteiger partial charge in [-0.05, 0) is 82.5 Å². The first-order valence-corrected chi connectivity index (χ1v) is 13.9. The van der Waals surface area contributed by atoms with Crippen molar-refractivity contribution in [2.45, 2.75) is 0 Å². The molecule has 0 atom stereocenters. The standard InChI is InChI=1S/C40H26/c1-2-10-27(11-3-1)29-18-21-31(22-19-29)39-36-17-9-8-16-35(36)38(33-23-20-28-12-4-5-14-32(28)26-33)37-25-24-30-13-6-7-15-34(30)40(37)39/h1-26H. The second-order valence-electron chi connectivity index (χ2n) is 10.5. The number of hydrogen-bond acceptors (Lipinski definition) is 0. The summed E-state index contributed by atoms with van der Waals surface area (Å²) in [6, 6.07) is 57.5. The van der Waals surface area contributed by atoms with Crippen molar-refractivity contribution in [2.24, 2.45) is 0 Å². The lowest BCUT2D eigenvalue weighted by atomic mass is 9.83. The van der Waals surface area contributed by atoms with Gasteiger partial charge in [0, 0.05) is 0 Å². The molecule has 0 saturated carbocycles. The molecule has 0 unspecified atom stereocenters. The monoisotopic (exact) mass is 506 g/mol. The molecule has 0 heterocycles. The highest BCUT2D eigenvalue weighted by Crippen LogP contribution is 2.46. The lowest BCUT2D eigenvalue weighted by Crippen LogP contribution is -1.92. The minimum absolute atomic E-state index is 1.23. The molecular formula is C40H26. The van der Waals surface area contributed by atoms with Crippen molar-refractivity contribution in [3.63, 3.8) is 0 Å². The molecule has 0 aliphatic carbocycles. The minimum Gasteiger partial charge on any atom is -0.0622 e. The summed E-state index contributed by atoms with van der Waals surface area (Å²) in [5.74, 6) is 0. The molecule has 40 heavy (non-hydrogen) atoms. The summed E-state index contributed by atoms with van der Waals surface area (Å²) in [5, 5.41) is 10.2. The first-order valence-electron chi connectivity index (χ1n) is 13.9. The second kappa shape index (κ2) is 9.22. The topological polar surface area (TPSA) is 0 Å². The van der Waals surface area contributed by atoms with Gasteiger partial charge in [-0.1, -0.05) is 152 Å². The fourth-order valence-electron chi connectivity index (χ4n) is 6.36. The molecule has 186 valence electrons. The molecule has 0 aliphatic heterocycles. The zero-order chi connectivity index (χ0) is 26.5. The SMILES string of the molecule is c1ccc(-c2ccc(-c3c4ccccc4c(-c4ccc5ccccc5c4)c4ccc5ccccc5c34)cc2)cc1. The van der Waals surface area contributed by atoms with Crippen LogP contribution in [0.2, 0.25) is 0 Å². The van der Waals surface area contributed by atoms with Crippen LogP contribution in [0, 0.1) is 0 Å². The summed E-state index contributed by atoms with van der Waals surface area (Å²) in [5.41, 5.74) is 7.55. The van der Waals surface area contributed by atoms with E-state index in [9.17, 15) is 0 Å². The Labute approximate surface area is 233 Å². The van der Waals surface area contributed by atoms with Crippen LogP contribution in [0.5, 0.6) is 0 Å². The zero-order valence-electron chi connectivity index (χ0n) is 22.0. The summed E-state index contributed by atoms with van der Waals surface area (Å²) < 4.78 is 0. The van der Waals surface area contributed by atoms with Crippen LogP contribution in [0.4, 0.5) is 0 Å². The minimum atomic E-state index is 1.23. The average molecular weight is 507 g/mol. The molecule has 0 radical (unpaired) electrons. The molecule has 0 aliphatic rings. The molecule has 0 N–H and O–H groups in total. The van der Waals surface area contributed by atoms with Crippen LogP contribution in [0.1, 0.15) is 0 Å². The zero-order valence-corrected chi connectivity index (χ0v) is 22.0. The molecule has 0 aromatic heterocycles. The van der Waals surface area contributed by atoms with Crippen LogP contribution in [0.25, 0.3) is 76.5 Å². The van der Waals surface area contributed by atoms with Gasteiger partial charge < -0.3 is 0 Å². The molecule has 0 spiro atoms. The Morgan fingerprint density at radius 1 is 0.250 bits per heavy atom. The van der Waals surface area contributed by atoms with E-state index in [1.54, 1.807) is 0 Å². The van der Waals surface area contributed by atoms with Gasteiger partial charge in [0.05, 0.1) is 0 Å². The van der Waals surface area contributed by atoms with Crippen LogP contribution >= 0.6 is 0 Å². The van der Waals surface area contributed by atoms with Crippen molar-refractivity contribution in [3.8, 4) is 33.4 Å². The number of hydrogen-bond donors (Lipinski definition) is 0. The lowest BCUT2D eigenvalue weighted by Gasteiger charge is -2.20. The fourth-order valence-corrected chi connectivity index (χ4v) is 6.36. The van der Waals surface area contributed by atoms with E-state index in [2.05, 4.69) is 158 Å². The van der Waals surface area contributed by atoms with E-state index >= 15 is 0 Å². The summed E-state index contributed by atoms with van der Waals surface area (Å²) in [7, 11) is 0. The van der Waals surface area contributed by atoms with Gasteiger partial charge in [-0.2, -0.15) is 0 Å². The Hall–Kier alpha value is -5.20. The molecule has 8 rings (SSSR count). The Morgan fingerprint density at radius 2 is 0.775 bits per heavy atom. The second-order valence-corrected chi connectivity index (χ2v) is 10.5. The van der Waals surface area contributed by atoms with Crippen molar-refractivity contribution in [2.75, 3.05) is 0 Å². The van der Waals surface area contributed by atoms with Crippen molar-refractivity contribution in [3.05, 3.63) is 158 Å². The summed E-state index contributed by atoms with van der Waals surface area (Å²) >= 11 is 0. The van der Waals surface area contributed by atoms with E-state index in [0.29, 0.717) is 0 Å². The number of fused-ring (bicyclic) bond motifs is 5. The van der Waals surface area contributed by atoms with Crippen molar-refractivity contribution < 1.29 is 0 Å². The molecule has 8 aromatic rings. The number of rotatable bonds is 3. The molecule has 0 bridgehead atoms. The van der Waals surface area contributed by atoms with Crippen molar-refractivity contribution >= 4 is 43.1 Å². The Balaban J connectivity index is 1.49. The quantitative estimate of drug-likeness (QED) is 0.165. The van der Waals surface area contributed by atoms with E-state index < -0.39 is 0 Å².